The summed E-state index contributed by atoms with van der Waals surface area (Å²) in [7, 11) is -3.51. The third kappa shape index (κ3) is 5.59. The van der Waals surface area contributed by atoms with Crippen LogP contribution in [0.5, 0.6) is 0 Å². The van der Waals surface area contributed by atoms with Gasteiger partial charge in [-0.2, -0.15) is 0 Å². The SMILES string of the molecule is CCOC(=O)CC(=O)CS(=O)(=O)CC1CCCO1. The Balaban J connectivity index is 2.39. The molecule has 0 bridgehead atoms. The standard InChI is InChI=1S/C11H18O6S/c1-2-16-11(13)6-9(12)7-18(14,15)8-10-4-3-5-17-10/h10H,2-8H2,1H3. The van der Waals surface area contributed by atoms with Gasteiger partial charge in [0, 0.05) is 6.61 Å². The number of carbonyl (C=O) groups is 2. The van der Waals surface area contributed by atoms with Gasteiger partial charge in [-0.15, -0.1) is 0 Å². The summed E-state index contributed by atoms with van der Waals surface area (Å²) in [4.78, 5) is 22.4. The Morgan fingerprint density at radius 3 is 2.67 bits per heavy atom. The predicted molar refractivity (Wildman–Crippen MR) is 63.9 cm³/mol. The van der Waals surface area contributed by atoms with Crippen molar-refractivity contribution in [2.24, 2.45) is 0 Å². The van der Waals surface area contributed by atoms with Crippen molar-refractivity contribution in [2.45, 2.75) is 32.3 Å². The molecule has 0 N–H and O–H groups in total. The summed E-state index contributed by atoms with van der Waals surface area (Å²) in [5.74, 6) is -2.09. The van der Waals surface area contributed by atoms with Gasteiger partial charge in [0.2, 0.25) is 0 Å². The Bertz CT molecular complexity index is 394. The molecule has 1 fully saturated rings. The van der Waals surface area contributed by atoms with E-state index in [1.165, 1.54) is 0 Å². The van der Waals surface area contributed by atoms with Crippen molar-refractivity contribution in [3.63, 3.8) is 0 Å². The largest absolute Gasteiger partial charge is 0.466 e. The lowest BCUT2D eigenvalue weighted by atomic mass is 10.3. The number of rotatable bonds is 7. The van der Waals surface area contributed by atoms with E-state index in [0.29, 0.717) is 13.0 Å². The molecule has 0 aromatic rings. The Morgan fingerprint density at radius 1 is 1.39 bits per heavy atom. The van der Waals surface area contributed by atoms with Crippen molar-refractivity contribution in [2.75, 3.05) is 24.7 Å². The van der Waals surface area contributed by atoms with Gasteiger partial charge in [-0.1, -0.05) is 0 Å². The van der Waals surface area contributed by atoms with Gasteiger partial charge in [0.1, 0.15) is 12.2 Å². The van der Waals surface area contributed by atoms with E-state index < -0.39 is 33.8 Å². The van der Waals surface area contributed by atoms with Crippen LogP contribution < -0.4 is 0 Å². The molecule has 0 spiro atoms. The second-order valence-corrected chi connectivity index (χ2v) is 6.32. The number of Topliss-reactive ketones (excluding diaryl/α,β-unsaturated/α-hetero) is 1. The van der Waals surface area contributed by atoms with Crippen LogP contribution in [0.1, 0.15) is 26.2 Å². The minimum atomic E-state index is -3.51. The van der Waals surface area contributed by atoms with Crippen LogP contribution in [0.4, 0.5) is 0 Å². The van der Waals surface area contributed by atoms with Gasteiger partial charge >= 0.3 is 5.97 Å². The van der Waals surface area contributed by atoms with Crippen molar-refractivity contribution >= 4 is 21.6 Å². The van der Waals surface area contributed by atoms with Crippen LogP contribution in [-0.4, -0.2) is 51.0 Å². The maximum atomic E-state index is 11.7. The van der Waals surface area contributed by atoms with E-state index in [1.807, 2.05) is 0 Å². The molecule has 1 rings (SSSR count). The highest BCUT2D eigenvalue weighted by Crippen LogP contribution is 2.14. The van der Waals surface area contributed by atoms with E-state index in [-0.39, 0.29) is 18.5 Å². The van der Waals surface area contributed by atoms with E-state index >= 15 is 0 Å². The average Bonchev–Trinajstić information content (AvgIpc) is 2.67. The minimum absolute atomic E-state index is 0.151. The van der Waals surface area contributed by atoms with Gasteiger partial charge < -0.3 is 9.47 Å². The second-order valence-electron chi connectivity index (χ2n) is 4.21. The Labute approximate surface area is 107 Å². The van der Waals surface area contributed by atoms with E-state index in [0.717, 1.165) is 6.42 Å². The van der Waals surface area contributed by atoms with E-state index in [9.17, 15) is 18.0 Å². The molecule has 1 saturated heterocycles. The predicted octanol–water partition coefficient (Wildman–Crippen LogP) is 0.103. The fourth-order valence-corrected chi connectivity index (χ4v) is 3.33. The lowest BCUT2D eigenvalue weighted by Gasteiger charge is -2.09. The molecule has 0 aromatic heterocycles. The average molecular weight is 278 g/mol. The number of esters is 1. The number of ketones is 1. The molecule has 7 heteroatoms. The number of carbonyl (C=O) groups excluding carboxylic acids is 2. The lowest BCUT2D eigenvalue weighted by molar-refractivity contribution is -0.145. The first-order chi connectivity index (χ1) is 8.43. The van der Waals surface area contributed by atoms with Crippen LogP contribution in [0.2, 0.25) is 0 Å². The zero-order chi connectivity index (χ0) is 13.6. The first-order valence-electron chi connectivity index (χ1n) is 5.92. The van der Waals surface area contributed by atoms with Crippen LogP contribution in [0.15, 0.2) is 0 Å². The van der Waals surface area contributed by atoms with Crippen LogP contribution in [0.25, 0.3) is 0 Å². The molecule has 104 valence electrons. The van der Waals surface area contributed by atoms with Gasteiger partial charge in [-0.3, -0.25) is 9.59 Å². The van der Waals surface area contributed by atoms with Crippen LogP contribution in [0.3, 0.4) is 0 Å². The Hall–Kier alpha value is -0.950. The molecule has 1 unspecified atom stereocenters. The highest BCUT2D eigenvalue weighted by atomic mass is 32.2. The van der Waals surface area contributed by atoms with Crippen molar-refractivity contribution in [1.82, 2.24) is 0 Å². The van der Waals surface area contributed by atoms with E-state index in [4.69, 9.17) is 4.74 Å². The van der Waals surface area contributed by atoms with Gasteiger partial charge in [0.25, 0.3) is 0 Å². The normalized spacial score (nSPS) is 19.7. The fraction of sp³-hybridized carbons (Fsp3) is 0.818. The summed E-state index contributed by atoms with van der Waals surface area (Å²) in [6, 6.07) is 0. The zero-order valence-electron chi connectivity index (χ0n) is 10.4. The third-order valence-corrected chi connectivity index (χ3v) is 4.13. The zero-order valence-corrected chi connectivity index (χ0v) is 11.2. The molecule has 6 nitrogen and oxygen atoms in total. The highest BCUT2D eigenvalue weighted by Gasteiger charge is 2.26. The molecule has 0 aliphatic carbocycles. The van der Waals surface area contributed by atoms with E-state index in [2.05, 4.69) is 4.74 Å². The van der Waals surface area contributed by atoms with Gasteiger partial charge in [-0.05, 0) is 19.8 Å². The number of ether oxygens (including phenoxy) is 2. The molecule has 1 aliphatic heterocycles. The summed E-state index contributed by atoms with van der Waals surface area (Å²) in [6.45, 7) is 2.36. The first-order valence-corrected chi connectivity index (χ1v) is 7.74. The first kappa shape index (κ1) is 15.1. The Morgan fingerprint density at radius 2 is 2.11 bits per heavy atom. The lowest BCUT2D eigenvalue weighted by Crippen LogP contribution is -2.27. The number of hydrogen-bond donors (Lipinski definition) is 0. The van der Waals surface area contributed by atoms with Crippen molar-refractivity contribution in [1.29, 1.82) is 0 Å². The summed E-state index contributed by atoms with van der Waals surface area (Å²) in [5, 5.41) is 0. The third-order valence-electron chi connectivity index (χ3n) is 2.49. The molecule has 1 atom stereocenters. The Kier molecular flexibility index (Phi) is 5.74. The summed E-state index contributed by atoms with van der Waals surface area (Å²) in [5.41, 5.74) is 0. The van der Waals surface area contributed by atoms with Crippen molar-refractivity contribution in [3.8, 4) is 0 Å². The molecule has 0 aromatic carbocycles. The van der Waals surface area contributed by atoms with Crippen LogP contribution in [0, 0.1) is 0 Å². The number of hydrogen-bond acceptors (Lipinski definition) is 6. The van der Waals surface area contributed by atoms with Crippen LogP contribution >= 0.6 is 0 Å². The molecule has 0 radical (unpaired) electrons. The van der Waals surface area contributed by atoms with Gasteiger partial charge in [0.05, 0.1) is 18.5 Å². The van der Waals surface area contributed by atoms with Crippen LogP contribution in [-0.2, 0) is 28.9 Å². The van der Waals surface area contributed by atoms with Crippen molar-refractivity contribution in [3.05, 3.63) is 0 Å². The quantitative estimate of drug-likeness (QED) is 0.485. The topological polar surface area (TPSA) is 86.7 Å². The van der Waals surface area contributed by atoms with Crippen molar-refractivity contribution < 1.29 is 27.5 Å². The maximum Gasteiger partial charge on any atom is 0.313 e. The second kappa shape index (κ2) is 6.84. The monoisotopic (exact) mass is 278 g/mol. The minimum Gasteiger partial charge on any atom is -0.466 e. The summed E-state index contributed by atoms with van der Waals surface area (Å²) in [6.07, 6.45) is 0.742. The molecule has 1 aliphatic rings. The molecule has 1 heterocycles. The van der Waals surface area contributed by atoms with Gasteiger partial charge in [-0.25, -0.2) is 8.42 Å². The molecular formula is C11H18O6S. The van der Waals surface area contributed by atoms with E-state index in [1.54, 1.807) is 6.92 Å². The highest BCUT2D eigenvalue weighted by molar-refractivity contribution is 7.92. The summed E-state index contributed by atoms with van der Waals surface area (Å²) < 4.78 is 33.2. The summed E-state index contributed by atoms with van der Waals surface area (Å²) >= 11 is 0. The number of sulfone groups is 1. The molecular weight excluding hydrogens is 260 g/mol. The maximum absolute atomic E-state index is 11.7. The smallest absolute Gasteiger partial charge is 0.313 e. The molecule has 0 amide bonds. The van der Waals surface area contributed by atoms with Gasteiger partial charge in [0.15, 0.2) is 15.6 Å². The fourth-order valence-electron chi connectivity index (χ4n) is 1.79. The molecule has 18 heavy (non-hydrogen) atoms. The molecule has 0 saturated carbocycles.